The van der Waals surface area contributed by atoms with Crippen molar-refractivity contribution < 1.29 is 4.74 Å². The van der Waals surface area contributed by atoms with Crippen LogP contribution in [0.1, 0.15) is 37.3 Å². The molecule has 2 nitrogen and oxygen atoms in total. The first kappa shape index (κ1) is 11.6. The number of benzene rings is 1. The highest BCUT2D eigenvalue weighted by Crippen LogP contribution is 2.35. The van der Waals surface area contributed by atoms with E-state index in [2.05, 4.69) is 43.4 Å². The van der Waals surface area contributed by atoms with E-state index in [-0.39, 0.29) is 5.54 Å². The fourth-order valence-corrected chi connectivity index (χ4v) is 2.62. The molecule has 88 valence electrons. The zero-order valence-corrected chi connectivity index (χ0v) is 10.4. The average molecular weight is 219 g/mol. The molecule has 1 N–H and O–H groups in total. The fraction of sp³-hybridized carbons (Fsp3) is 0.571. The molecular formula is C14H21NO. The van der Waals surface area contributed by atoms with Crippen LogP contribution in [0.25, 0.3) is 0 Å². The first-order valence-corrected chi connectivity index (χ1v) is 5.96. The van der Waals surface area contributed by atoms with E-state index in [1.54, 1.807) is 7.11 Å². The van der Waals surface area contributed by atoms with E-state index in [9.17, 15) is 0 Å². The second-order valence-electron chi connectivity index (χ2n) is 5.16. The van der Waals surface area contributed by atoms with E-state index in [4.69, 9.17) is 4.74 Å². The molecule has 2 rings (SSSR count). The fourth-order valence-electron chi connectivity index (χ4n) is 2.62. The van der Waals surface area contributed by atoms with Gasteiger partial charge in [-0.2, -0.15) is 0 Å². The Balaban J connectivity index is 2.15. The van der Waals surface area contributed by atoms with Gasteiger partial charge < -0.3 is 10.1 Å². The van der Waals surface area contributed by atoms with Gasteiger partial charge in [-0.1, -0.05) is 24.3 Å². The predicted octanol–water partition coefficient (Wildman–Crippen LogP) is 2.69. The van der Waals surface area contributed by atoms with Crippen molar-refractivity contribution in [3.05, 3.63) is 35.4 Å². The molecule has 0 bridgehead atoms. The minimum atomic E-state index is 0.225. The SMILES string of the molecule is COCc1ccc(C2CCNC2(C)C)cc1. The van der Waals surface area contributed by atoms with Gasteiger partial charge in [0.1, 0.15) is 0 Å². The standard InChI is InChI=1S/C14H21NO/c1-14(2)13(8-9-15-14)12-6-4-11(5-7-12)10-16-3/h4-7,13,15H,8-10H2,1-3H3. The van der Waals surface area contributed by atoms with Crippen molar-refractivity contribution in [3.63, 3.8) is 0 Å². The molecule has 1 aromatic carbocycles. The quantitative estimate of drug-likeness (QED) is 0.844. The molecule has 0 aromatic heterocycles. The molecule has 1 aliphatic rings. The first-order valence-electron chi connectivity index (χ1n) is 5.96. The van der Waals surface area contributed by atoms with Gasteiger partial charge in [-0.05, 0) is 37.9 Å². The molecule has 1 atom stereocenters. The van der Waals surface area contributed by atoms with Gasteiger partial charge in [0.15, 0.2) is 0 Å². The van der Waals surface area contributed by atoms with Gasteiger partial charge in [0.2, 0.25) is 0 Å². The van der Waals surface area contributed by atoms with Crippen molar-refractivity contribution >= 4 is 0 Å². The number of hydrogen-bond acceptors (Lipinski definition) is 2. The van der Waals surface area contributed by atoms with Crippen LogP contribution in [0, 0.1) is 0 Å². The lowest BCUT2D eigenvalue weighted by Gasteiger charge is -2.27. The normalized spacial score (nSPS) is 23.6. The average Bonchev–Trinajstić information content (AvgIpc) is 2.60. The third kappa shape index (κ3) is 2.28. The van der Waals surface area contributed by atoms with Gasteiger partial charge in [0.25, 0.3) is 0 Å². The maximum Gasteiger partial charge on any atom is 0.0713 e. The Bertz CT molecular complexity index is 342. The minimum absolute atomic E-state index is 0.225. The summed E-state index contributed by atoms with van der Waals surface area (Å²) in [5.41, 5.74) is 2.91. The number of nitrogens with one attached hydrogen (secondary N) is 1. The molecule has 1 aromatic rings. The van der Waals surface area contributed by atoms with Gasteiger partial charge in [-0.15, -0.1) is 0 Å². The smallest absolute Gasteiger partial charge is 0.0713 e. The first-order chi connectivity index (χ1) is 7.63. The van der Waals surface area contributed by atoms with Crippen LogP contribution in [0.5, 0.6) is 0 Å². The molecule has 0 amide bonds. The van der Waals surface area contributed by atoms with Gasteiger partial charge in [0.05, 0.1) is 6.61 Å². The third-order valence-electron chi connectivity index (χ3n) is 3.58. The lowest BCUT2D eigenvalue weighted by atomic mass is 9.83. The van der Waals surface area contributed by atoms with Crippen molar-refractivity contribution in [3.8, 4) is 0 Å². The zero-order valence-electron chi connectivity index (χ0n) is 10.4. The molecule has 1 heterocycles. The molecule has 2 heteroatoms. The highest BCUT2D eigenvalue weighted by atomic mass is 16.5. The van der Waals surface area contributed by atoms with Crippen LogP contribution in [0.15, 0.2) is 24.3 Å². The van der Waals surface area contributed by atoms with E-state index < -0.39 is 0 Å². The zero-order chi connectivity index (χ0) is 11.6. The van der Waals surface area contributed by atoms with Crippen LogP contribution >= 0.6 is 0 Å². The summed E-state index contributed by atoms with van der Waals surface area (Å²) in [6, 6.07) is 8.84. The molecule has 1 aliphatic heterocycles. The Labute approximate surface area is 98.0 Å². The Morgan fingerprint density at radius 3 is 2.50 bits per heavy atom. The predicted molar refractivity (Wildman–Crippen MR) is 66.6 cm³/mol. The maximum atomic E-state index is 5.12. The molecular weight excluding hydrogens is 198 g/mol. The Morgan fingerprint density at radius 1 is 1.31 bits per heavy atom. The summed E-state index contributed by atoms with van der Waals surface area (Å²) in [4.78, 5) is 0. The second kappa shape index (κ2) is 4.56. The molecule has 1 saturated heterocycles. The van der Waals surface area contributed by atoms with Crippen LogP contribution in [-0.2, 0) is 11.3 Å². The van der Waals surface area contributed by atoms with Crippen LogP contribution in [0.4, 0.5) is 0 Å². The number of rotatable bonds is 3. The van der Waals surface area contributed by atoms with E-state index in [0.717, 1.165) is 6.54 Å². The number of methoxy groups -OCH3 is 1. The van der Waals surface area contributed by atoms with Gasteiger partial charge in [0, 0.05) is 18.6 Å². The van der Waals surface area contributed by atoms with Crippen LogP contribution in [0.2, 0.25) is 0 Å². The molecule has 0 spiro atoms. The molecule has 16 heavy (non-hydrogen) atoms. The van der Waals surface area contributed by atoms with Crippen molar-refractivity contribution in [1.82, 2.24) is 5.32 Å². The highest BCUT2D eigenvalue weighted by molar-refractivity contribution is 5.28. The van der Waals surface area contributed by atoms with Gasteiger partial charge in [-0.3, -0.25) is 0 Å². The lowest BCUT2D eigenvalue weighted by molar-refractivity contribution is 0.185. The van der Waals surface area contributed by atoms with Crippen molar-refractivity contribution in [1.29, 1.82) is 0 Å². The van der Waals surface area contributed by atoms with E-state index in [0.29, 0.717) is 12.5 Å². The molecule has 0 radical (unpaired) electrons. The largest absolute Gasteiger partial charge is 0.380 e. The van der Waals surface area contributed by atoms with Crippen LogP contribution < -0.4 is 5.32 Å². The monoisotopic (exact) mass is 219 g/mol. The van der Waals surface area contributed by atoms with E-state index >= 15 is 0 Å². The summed E-state index contributed by atoms with van der Waals surface area (Å²) in [5, 5.41) is 3.56. The molecule has 1 unspecified atom stereocenters. The minimum Gasteiger partial charge on any atom is -0.380 e. The summed E-state index contributed by atoms with van der Waals surface area (Å²) in [5.74, 6) is 0.629. The van der Waals surface area contributed by atoms with Gasteiger partial charge in [-0.25, -0.2) is 0 Å². The molecule has 0 aliphatic carbocycles. The van der Waals surface area contributed by atoms with Gasteiger partial charge >= 0.3 is 0 Å². The Morgan fingerprint density at radius 2 is 2.00 bits per heavy atom. The molecule has 0 saturated carbocycles. The maximum absolute atomic E-state index is 5.12. The summed E-state index contributed by atoms with van der Waals surface area (Å²) >= 11 is 0. The highest BCUT2D eigenvalue weighted by Gasteiger charge is 2.34. The van der Waals surface area contributed by atoms with Crippen molar-refractivity contribution in [2.75, 3.05) is 13.7 Å². The topological polar surface area (TPSA) is 21.3 Å². The second-order valence-corrected chi connectivity index (χ2v) is 5.16. The lowest BCUT2D eigenvalue weighted by Crippen LogP contribution is -2.36. The Hall–Kier alpha value is -0.860. The number of hydrogen-bond donors (Lipinski definition) is 1. The van der Waals surface area contributed by atoms with E-state index in [1.165, 1.54) is 17.5 Å². The van der Waals surface area contributed by atoms with Crippen LogP contribution in [0.3, 0.4) is 0 Å². The third-order valence-corrected chi connectivity index (χ3v) is 3.58. The number of ether oxygens (including phenoxy) is 1. The summed E-state index contributed by atoms with van der Waals surface area (Å²) in [7, 11) is 1.73. The van der Waals surface area contributed by atoms with Crippen molar-refractivity contribution in [2.45, 2.75) is 38.3 Å². The summed E-state index contributed by atoms with van der Waals surface area (Å²) in [6.45, 7) is 6.39. The van der Waals surface area contributed by atoms with E-state index in [1.807, 2.05) is 0 Å². The summed E-state index contributed by atoms with van der Waals surface area (Å²) in [6.07, 6.45) is 1.23. The molecule has 1 fully saturated rings. The van der Waals surface area contributed by atoms with Crippen LogP contribution in [-0.4, -0.2) is 19.2 Å². The van der Waals surface area contributed by atoms with Crippen molar-refractivity contribution in [2.24, 2.45) is 0 Å². The Kier molecular flexibility index (Phi) is 3.31. The summed E-state index contributed by atoms with van der Waals surface area (Å²) < 4.78 is 5.12.